The number of rotatable bonds is 9. The van der Waals surface area contributed by atoms with E-state index in [1.807, 2.05) is 31.2 Å². The van der Waals surface area contributed by atoms with Crippen molar-refractivity contribution in [3.05, 3.63) is 41.2 Å². The first-order valence-electron chi connectivity index (χ1n) is 9.18. The predicted octanol–water partition coefficient (Wildman–Crippen LogP) is 3.48. The predicted molar refractivity (Wildman–Crippen MR) is 105 cm³/mol. The van der Waals surface area contributed by atoms with Gasteiger partial charge in [0, 0.05) is 29.1 Å². The molecule has 2 aromatic rings. The number of nitrogens with zero attached hydrogens (tertiary/aromatic N) is 1. The van der Waals surface area contributed by atoms with E-state index in [9.17, 15) is 9.59 Å². The molecule has 2 rings (SSSR count). The number of unbranched alkanes of at least 4 members (excludes halogenated alkanes) is 1. The van der Waals surface area contributed by atoms with Crippen molar-refractivity contribution in [3.63, 3.8) is 0 Å². The number of carbonyl (C=O) groups is 2. The van der Waals surface area contributed by atoms with Gasteiger partial charge in [-0.15, -0.1) is 0 Å². The molecule has 0 aliphatic rings. The lowest BCUT2D eigenvalue weighted by molar-refractivity contribution is -0.140. The van der Waals surface area contributed by atoms with Gasteiger partial charge in [0.05, 0.1) is 26.2 Å². The van der Waals surface area contributed by atoms with E-state index in [0.717, 1.165) is 41.9 Å². The van der Waals surface area contributed by atoms with E-state index in [2.05, 4.69) is 11.5 Å². The summed E-state index contributed by atoms with van der Waals surface area (Å²) < 4.78 is 12.4. The van der Waals surface area contributed by atoms with Gasteiger partial charge in [-0.25, -0.2) is 0 Å². The molecule has 0 saturated carbocycles. The van der Waals surface area contributed by atoms with Gasteiger partial charge in [-0.1, -0.05) is 31.5 Å². The number of primary amides is 1. The molecular formula is C21H28N2O4. The number of amides is 1. The van der Waals surface area contributed by atoms with Gasteiger partial charge >= 0.3 is 5.97 Å². The third-order valence-electron chi connectivity index (χ3n) is 4.78. The fraction of sp³-hybridized carbons (Fsp3) is 0.429. The highest BCUT2D eigenvalue weighted by atomic mass is 16.5. The molecule has 27 heavy (non-hydrogen) atoms. The minimum absolute atomic E-state index is 0.229. The van der Waals surface area contributed by atoms with Crippen molar-refractivity contribution in [2.75, 3.05) is 14.2 Å². The summed E-state index contributed by atoms with van der Waals surface area (Å²) in [6.07, 6.45) is 2.67. The Labute approximate surface area is 160 Å². The van der Waals surface area contributed by atoms with Gasteiger partial charge in [0.15, 0.2) is 0 Å². The van der Waals surface area contributed by atoms with Gasteiger partial charge in [-0.3, -0.25) is 9.59 Å². The van der Waals surface area contributed by atoms with E-state index < -0.39 is 5.91 Å². The van der Waals surface area contributed by atoms with E-state index in [4.69, 9.17) is 15.2 Å². The zero-order valence-electron chi connectivity index (χ0n) is 16.5. The van der Waals surface area contributed by atoms with Crippen LogP contribution in [0.3, 0.4) is 0 Å². The van der Waals surface area contributed by atoms with Crippen LogP contribution in [-0.4, -0.2) is 30.7 Å². The lowest BCUT2D eigenvalue weighted by atomic mass is 9.97. The molecule has 6 heteroatoms. The molecule has 1 aromatic heterocycles. The summed E-state index contributed by atoms with van der Waals surface area (Å²) in [5, 5.41) is 0. The molecule has 0 saturated heterocycles. The van der Waals surface area contributed by atoms with Gasteiger partial charge in [-0.2, -0.15) is 0 Å². The highest BCUT2D eigenvalue weighted by molar-refractivity contribution is 6.03. The Morgan fingerprint density at radius 1 is 1.19 bits per heavy atom. The fourth-order valence-corrected chi connectivity index (χ4v) is 3.44. The third-order valence-corrected chi connectivity index (χ3v) is 4.78. The summed E-state index contributed by atoms with van der Waals surface area (Å²) in [6, 6.07) is 7.53. The molecule has 0 fully saturated rings. The first-order chi connectivity index (χ1) is 13.0. The monoisotopic (exact) mass is 372 g/mol. The van der Waals surface area contributed by atoms with Crippen LogP contribution in [0.4, 0.5) is 0 Å². The number of para-hydroxylation sites is 1. The molecule has 0 spiro atoms. The SMILES string of the molecule is CCCCn1c(C)c(C(N)=O)c(-c2ccccc2OC)c1CCC(=O)OC. The highest BCUT2D eigenvalue weighted by Gasteiger charge is 2.26. The Morgan fingerprint density at radius 2 is 1.89 bits per heavy atom. The van der Waals surface area contributed by atoms with Crippen LogP contribution in [-0.2, 0) is 22.5 Å². The first-order valence-corrected chi connectivity index (χ1v) is 9.18. The molecule has 2 N–H and O–H groups in total. The van der Waals surface area contributed by atoms with Crippen LogP contribution in [0.5, 0.6) is 5.75 Å². The van der Waals surface area contributed by atoms with Crippen molar-refractivity contribution in [2.45, 2.75) is 46.1 Å². The first kappa shape index (κ1) is 20.6. The van der Waals surface area contributed by atoms with Crippen molar-refractivity contribution in [2.24, 2.45) is 5.73 Å². The topological polar surface area (TPSA) is 83.5 Å². The number of aromatic nitrogens is 1. The average molecular weight is 372 g/mol. The zero-order valence-corrected chi connectivity index (χ0v) is 16.5. The lowest BCUT2D eigenvalue weighted by Gasteiger charge is -2.14. The maximum atomic E-state index is 12.3. The molecule has 0 unspecified atom stereocenters. The van der Waals surface area contributed by atoms with E-state index in [0.29, 0.717) is 17.7 Å². The Balaban J connectivity index is 2.73. The number of esters is 1. The summed E-state index contributed by atoms with van der Waals surface area (Å²) in [6.45, 7) is 4.77. The minimum Gasteiger partial charge on any atom is -0.496 e. The number of ether oxygens (including phenoxy) is 2. The van der Waals surface area contributed by atoms with Crippen LogP contribution in [0, 0.1) is 6.92 Å². The van der Waals surface area contributed by atoms with Crippen LogP contribution in [0.15, 0.2) is 24.3 Å². The summed E-state index contributed by atoms with van der Waals surface area (Å²) in [7, 11) is 2.97. The molecule has 0 aliphatic carbocycles. The van der Waals surface area contributed by atoms with E-state index >= 15 is 0 Å². The van der Waals surface area contributed by atoms with E-state index in [-0.39, 0.29) is 12.4 Å². The number of nitrogens with two attached hydrogens (primary N) is 1. The maximum absolute atomic E-state index is 12.3. The van der Waals surface area contributed by atoms with Crippen LogP contribution in [0.1, 0.15) is 47.9 Å². The Hall–Kier alpha value is -2.76. The Bertz CT molecular complexity index is 824. The molecule has 0 radical (unpaired) electrons. The molecule has 0 bridgehead atoms. The number of benzene rings is 1. The van der Waals surface area contributed by atoms with Gasteiger partial charge in [0.25, 0.3) is 5.91 Å². The van der Waals surface area contributed by atoms with Crippen LogP contribution < -0.4 is 10.5 Å². The smallest absolute Gasteiger partial charge is 0.305 e. The fourth-order valence-electron chi connectivity index (χ4n) is 3.44. The van der Waals surface area contributed by atoms with Gasteiger partial charge in [0.1, 0.15) is 5.75 Å². The number of hydrogen-bond acceptors (Lipinski definition) is 4. The largest absolute Gasteiger partial charge is 0.496 e. The quantitative estimate of drug-likeness (QED) is 0.683. The highest BCUT2D eigenvalue weighted by Crippen LogP contribution is 2.38. The maximum Gasteiger partial charge on any atom is 0.305 e. The van der Waals surface area contributed by atoms with Crippen molar-refractivity contribution >= 4 is 11.9 Å². The van der Waals surface area contributed by atoms with Crippen LogP contribution >= 0.6 is 0 Å². The summed E-state index contributed by atoms with van der Waals surface area (Å²) in [4.78, 5) is 24.1. The van der Waals surface area contributed by atoms with Crippen LogP contribution in [0.25, 0.3) is 11.1 Å². The molecule has 1 amide bonds. The van der Waals surface area contributed by atoms with Crippen LogP contribution in [0.2, 0.25) is 0 Å². The Kier molecular flexibility index (Phi) is 7.05. The third kappa shape index (κ3) is 4.32. The summed E-state index contributed by atoms with van der Waals surface area (Å²) in [5.74, 6) is -0.113. The number of carbonyl (C=O) groups excluding carboxylic acids is 2. The standard InChI is InChI=1S/C21H28N2O4/c1-5-6-13-23-14(2)19(21(22)25)20(16(23)11-12-18(24)27-4)15-9-7-8-10-17(15)26-3/h7-10H,5-6,11-13H2,1-4H3,(H2,22,25). The summed E-state index contributed by atoms with van der Waals surface area (Å²) in [5.41, 5.74) is 9.50. The van der Waals surface area contributed by atoms with Crippen molar-refractivity contribution in [3.8, 4) is 16.9 Å². The second-order valence-electron chi connectivity index (χ2n) is 6.43. The Morgan fingerprint density at radius 3 is 2.48 bits per heavy atom. The molecule has 6 nitrogen and oxygen atoms in total. The van der Waals surface area contributed by atoms with Crippen molar-refractivity contribution in [1.82, 2.24) is 4.57 Å². The molecule has 1 heterocycles. The van der Waals surface area contributed by atoms with Gasteiger partial charge in [-0.05, 0) is 25.8 Å². The zero-order chi connectivity index (χ0) is 20.0. The van der Waals surface area contributed by atoms with Crippen molar-refractivity contribution < 1.29 is 19.1 Å². The normalized spacial score (nSPS) is 10.7. The molecule has 146 valence electrons. The van der Waals surface area contributed by atoms with E-state index in [1.54, 1.807) is 7.11 Å². The second kappa shape index (κ2) is 9.26. The average Bonchev–Trinajstić information content (AvgIpc) is 2.95. The van der Waals surface area contributed by atoms with Gasteiger partial charge in [0.2, 0.25) is 0 Å². The molecular weight excluding hydrogens is 344 g/mol. The van der Waals surface area contributed by atoms with Gasteiger partial charge < -0.3 is 19.8 Å². The van der Waals surface area contributed by atoms with Crippen molar-refractivity contribution in [1.29, 1.82) is 0 Å². The summed E-state index contributed by atoms with van der Waals surface area (Å²) >= 11 is 0. The molecule has 0 atom stereocenters. The molecule has 1 aromatic carbocycles. The number of hydrogen-bond donors (Lipinski definition) is 1. The number of methoxy groups -OCH3 is 2. The molecule has 0 aliphatic heterocycles. The van der Waals surface area contributed by atoms with E-state index in [1.165, 1.54) is 7.11 Å². The minimum atomic E-state index is -0.483. The lowest BCUT2D eigenvalue weighted by Crippen LogP contribution is -2.13. The second-order valence-corrected chi connectivity index (χ2v) is 6.43.